The smallest absolute Gasteiger partial charge is 0.337 e. The summed E-state index contributed by atoms with van der Waals surface area (Å²) >= 11 is 0. The number of hydrogen-bond acceptors (Lipinski definition) is 8. The van der Waals surface area contributed by atoms with Gasteiger partial charge in [-0.2, -0.15) is 0 Å². The number of nitrogens with one attached hydrogen (secondary N) is 1. The summed E-state index contributed by atoms with van der Waals surface area (Å²) < 4.78 is 15.2. The molecule has 9 heteroatoms. The van der Waals surface area contributed by atoms with Gasteiger partial charge >= 0.3 is 5.97 Å². The molecule has 0 radical (unpaired) electrons. The fraction of sp³-hybridized carbons (Fsp3) is 0.261. The zero-order valence-corrected chi connectivity index (χ0v) is 18.0. The molecule has 1 aliphatic heterocycles. The highest BCUT2D eigenvalue weighted by Gasteiger charge is 2.34. The molecule has 1 aliphatic rings. The van der Waals surface area contributed by atoms with E-state index in [0.29, 0.717) is 28.3 Å². The molecule has 0 aromatic heterocycles. The number of amides is 1. The Morgan fingerprint density at radius 1 is 1.00 bits per heavy atom. The van der Waals surface area contributed by atoms with Gasteiger partial charge in [-0.3, -0.25) is 9.59 Å². The summed E-state index contributed by atoms with van der Waals surface area (Å²) in [5.74, 6) is -0.273. The van der Waals surface area contributed by atoms with Gasteiger partial charge in [-0.15, -0.1) is 0 Å². The third-order valence-corrected chi connectivity index (χ3v) is 5.02. The lowest BCUT2D eigenvalue weighted by Crippen LogP contribution is -2.31. The Balaban J connectivity index is 1.81. The number of methoxy groups -OCH3 is 3. The van der Waals surface area contributed by atoms with Crippen molar-refractivity contribution in [2.24, 2.45) is 0 Å². The molecule has 0 atom stereocenters. The second-order valence-electron chi connectivity index (χ2n) is 6.90. The molecule has 0 bridgehead atoms. The SMILES string of the molecule is COC(=O)C1=C(Nc2ccc(C(=O)c3ccc(OC)c(OC)c3)cc2)C(=O)N(CCO)C1. The van der Waals surface area contributed by atoms with Crippen LogP contribution in [0.5, 0.6) is 11.5 Å². The van der Waals surface area contributed by atoms with Gasteiger partial charge in [0.25, 0.3) is 5.91 Å². The van der Waals surface area contributed by atoms with E-state index in [0.717, 1.165) is 0 Å². The van der Waals surface area contributed by atoms with Gasteiger partial charge in [0, 0.05) is 23.4 Å². The molecule has 168 valence electrons. The zero-order chi connectivity index (χ0) is 23.3. The third-order valence-electron chi connectivity index (χ3n) is 5.02. The molecule has 2 N–H and O–H groups in total. The van der Waals surface area contributed by atoms with E-state index in [2.05, 4.69) is 5.32 Å². The van der Waals surface area contributed by atoms with Crippen molar-refractivity contribution in [3.05, 3.63) is 64.9 Å². The fourth-order valence-electron chi connectivity index (χ4n) is 3.34. The van der Waals surface area contributed by atoms with Crippen LogP contribution in [0.3, 0.4) is 0 Å². The van der Waals surface area contributed by atoms with Crippen LogP contribution in [0.25, 0.3) is 0 Å². The number of carbonyl (C=O) groups excluding carboxylic acids is 3. The van der Waals surface area contributed by atoms with Crippen LogP contribution < -0.4 is 14.8 Å². The van der Waals surface area contributed by atoms with Crippen molar-refractivity contribution in [1.82, 2.24) is 4.90 Å². The molecule has 3 rings (SSSR count). The topological polar surface area (TPSA) is 114 Å². The van der Waals surface area contributed by atoms with Crippen molar-refractivity contribution >= 4 is 23.3 Å². The highest BCUT2D eigenvalue weighted by Crippen LogP contribution is 2.29. The van der Waals surface area contributed by atoms with Gasteiger partial charge in [0.1, 0.15) is 5.70 Å². The minimum Gasteiger partial charge on any atom is -0.493 e. The lowest BCUT2D eigenvalue weighted by Gasteiger charge is -2.15. The molecule has 0 spiro atoms. The van der Waals surface area contributed by atoms with Crippen molar-refractivity contribution in [2.75, 3.05) is 46.3 Å². The Hall–Kier alpha value is -3.85. The molecule has 0 saturated heterocycles. The zero-order valence-electron chi connectivity index (χ0n) is 18.0. The number of esters is 1. The van der Waals surface area contributed by atoms with Gasteiger partial charge in [-0.25, -0.2) is 4.79 Å². The molecule has 0 unspecified atom stereocenters. The molecule has 0 fully saturated rings. The van der Waals surface area contributed by atoms with E-state index in [1.54, 1.807) is 42.5 Å². The average Bonchev–Trinajstić information content (AvgIpc) is 3.13. The maximum atomic E-state index is 12.8. The number of nitrogens with zero attached hydrogens (tertiary/aromatic N) is 1. The molecule has 0 aliphatic carbocycles. The number of aliphatic hydroxyl groups is 1. The number of benzene rings is 2. The first-order valence-corrected chi connectivity index (χ1v) is 9.78. The van der Waals surface area contributed by atoms with Crippen LogP contribution in [-0.4, -0.2) is 68.7 Å². The van der Waals surface area contributed by atoms with Gasteiger partial charge < -0.3 is 29.5 Å². The number of aliphatic hydroxyl groups excluding tert-OH is 1. The number of ketones is 1. The van der Waals surface area contributed by atoms with E-state index in [1.807, 2.05) is 0 Å². The Morgan fingerprint density at radius 2 is 1.66 bits per heavy atom. The number of carbonyl (C=O) groups is 3. The standard InChI is InChI=1S/C23H24N2O7/c1-30-18-9-6-15(12-19(18)31-2)21(27)14-4-7-16(8-5-14)24-20-17(23(29)32-3)13-25(10-11-26)22(20)28/h4-9,12,24,26H,10-11,13H2,1-3H3. The molecular weight excluding hydrogens is 416 g/mol. The largest absolute Gasteiger partial charge is 0.493 e. The summed E-state index contributed by atoms with van der Waals surface area (Å²) in [4.78, 5) is 38.9. The number of β-amino-alcohol motifs (C(OH)–C–C–N with tert-alkyl or cyclic N) is 1. The second-order valence-corrected chi connectivity index (χ2v) is 6.90. The predicted octanol–water partition coefficient (Wildman–Crippen LogP) is 1.61. The van der Waals surface area contributed by atoms with Crippen LogP contribution in [0, 0.1) is 0 Å². The van der Waals surface area contributed by atoms with Gasteiger partial charge in [0.15, 0.2) is 17.3 Å². The predicted molar refractivity (Wildman–Crippen MR) is 116 cm³/mol. The van der Waals surface area contributed by atoms with E-state index >= 15 is 0 Å². The number of hydrogen-bond donors (Lipinski definition) is 2. The lowest BCUT2D eigenvalue weighted by atomic mass is 10.0. The Labute approximate surface area is 185 Å². The summed E-state index contributed by atoms with van der Waals surface area (Å²) in [7, 11) is 4.25. The summed E-state index contributed by atoms with van der Waals surface area (Å²) in [6.45, 7) is -0.0754. The molecule has 2 aromatic rings. The second kappa shape index (κ2) is 9.97. The Morgan fingerprint density at radius 3 is 2.25 bits per heavy atom. The van der Waals surface area contributed by atoms with Crippen LogP contribution in [0.2, 0.25) is 0 Å². The van der Waals surface area contributed by atoms with E-state index in [9.17, 15) is 14.4 Å². The van der Waals surface area contributed by atoms with E-state index < -0.39 is 11.9 Å². The van der Waals surface area contributed by atoms with Gasteiger partial charge in [0.05, 0.1) is 40.1 Å². The first-order chi connectivity index (χ1) is 15.4. The van der Waals surface area contributed by atoms with Gasteiger partial charge in [-0.1, -0.05) is 0 Å². The van der Waals surface area contributed by atoms with Crippen molar-refractivity contribution in [1.29, 1.82) is 0 Å². The minimum atomic E-state index is -0.624. The Kier molecular flexibility index (Phi) is 7.11. The van der Waals surface area contributed by atoms with Gasteiger partial charge in [0.2, 0.25) is 0 Å². The summed E-state index contributed by atoms with van der Waals surface area (Å²) in [6, 6.07) is 11.4. The molecule has 9 nitrogen and oxygen atoms in total. The monoisotopic (exact) mass is 440 g/mol. The normalized spacial score (nSPS) is 13.2. The Bertz CT molecular complexity index is 1060. The fourth-order valence-corrected chi connectivity index (χ4v) is 3.34. The molecule has 2 aromatic carbocycles. The van der Waals surface area contributed by atoms with E-state index in [1.165, 1.54) is 26.2 Å². The molecule has 0 saturated carbocycles. The van der Waals surface area contributed by atoms with Crippen molar-refractivity contribution < 1.29 is 33.7 Å². The summed E-state index contributed by atoms with van der Waals surface area (Å²) in [6.07, 6.45) is 0. The van der Waals surface area contributed by atoms with Crippen LogP contribution in [0.1, 0.15) is 15.9 Å². The molecule has 1 amide bonds. The quantitative estimate of drug-likeness (QED) is 0.447. The minimum absolute atomic E-state index is 0.0459. The number of ether oxygens (including phenoxy) is 3. The van der Waals surface area contributed by atoms with E-state index in [4.69, 9.17) is 19.3 Å². The highest BCUT2D eigenvalue weighted by molar-refractivity contribution is 6.10. The first kappa shape index (κ1) is 22.8. The number of anilines is 1. The van der Waals surface area contributed by atoms with Crippen molar-refractivity contribution in [3.8, 4) is 11.5 Å². The van der Waals surface area contributed by atoms with Crippen molar-refractivity contribution in [2.45, 2.75) is 0 Å². The average molecular weight is 440 g/mol. The first-order valence-electron chi connectivity index (χ1n) is 9.78. The van der Waals surface area contributed by atoms with Crippen LogP contribution in [0.4, 0.5) is 5.69 Å². The van der Waals surface area contributed by atoms with Crippen LogP contribution >= 0.6 is 0 Å². The highest BCUT2D eigenvalue weighted by atomic mass is 16.5. The summed E-state index contributed by atoms with van der Waals surface area (Å²) in [5.41, 5.74) is 1.65. The molecular formula is C23H24N2O7. The third kappa shape index (κ3) is 4.57. The van der Waals surface area contributed by atoms with Crippen LogP contribution in [0.15, 0.2) is 53.7 Å². The van der Waals surface area contributed by atoms with E-state index in [-0.39, 0.29) is 36.7 Å². The van der Waals surface area contributed by atoms with Crippen LogP contribution in [-0.2, 0) is 14.3 Å². The maximum absolute atomic E-state index is 12.8. The van der Waals surface area contributed by atoms with Gasteiger partial charge in [-0.05, 0) is 42.5 Å². The number of rotatable bonds is 9. The molecule has 1 heterocycles. The van der Waals surface area contributed by atoms with Crippen molar-refractivity contribution in [3.63, 3.8) is 0 Å². The lowest BCUT2D eigenvalue weighted by molar-refractivity contribution is -0.136. The molecule has 32 heavy (non-hydrogen) atoms. The summed E-state index contributed by atoms with van der Waals surface area (Å²) in [5, 5.41) is 12.1. The maximum Gasteiger partial charge on any atom is 0.337 e.